The summed E-state index contributed by atoms with van der Waals surface area (Å²) in [5, 5.41) is 7.44. The topological polar surface area (TPSA) is 91.8 Å². The van der Waals surface area contributed by atoms with E-state index in [0.29, 0.717) is 17.6 Å². The van der Waals surface area contributed by atoms with Crippen molar-refractivity contribution in [3.05, 3.63) is 47.9 Å². The maximum Gasteiger partial charge on any atom is 0.267 e. The number of halogens is 2. The Kier molecular flexibility index (Phi) is 5.53. The number of aryl methyl sites for hydroxylation is 1. The van der Waals surface area contributed by atoms with E-state index in [-0.39, 0.29) is 25.4 Å². The Morgan fingerprint density at radius 3 is 2.86 bits per heavy atom. The fourth-order valence-corrected chi connectivity index (χ4v) is 5.50. The van der Waals surface area contributed by atoms with Gasteiger partial charge >= 0.3 is 0 Å². The first kappa shape index (κ1) is 22.2. The molecule has 6 rings (SSSR count). The molecule has 2 saturated heterocycles. The van der Waals surface area contributed by atoms with Gasteiger partial charge < -0.3 is 15.5 Å². The van der Waals surface area contributed by atoms with Crippen molar-refractivity contribution < 1.29 is 8.78 Å². The number of fused-ring (bicyclic) bond motifs is 1. The van der Waals surface area contributed by atoms with Gasteiger partial charge in [0.25, 0.3) is 5.92 Å². The summed E-state index contributed by atoms with van der Waals surface area (Å²) in [5.74, 6) is -1.05. The monoisotopic (exact) mass is 494 g/mol. The third-order valence-corrected chi connectivity index (χ3v) is 7.42. The first-order valence-electron chi connectivity index (χ1n) is 11.6. The molecule has 35 heavy (non-hydrogen) atoms. The summed E-state index contributed by atoms with van der Waals surface area (Å²) in [4.78, 5) is 24.6. The molecule has 4 aromatic rings. The average Bonchev–Trinajstić information content (AvgIpc) is 3.58. The molecule has 180 valence electrons. The van der Waals surface area contributed by atoms with E-state index < -0.39 is 5.92 Å². The number of anilines is 3. The Morgan fingerprint density at radius 1 is 1.17 bits per heavy atom. The largest absolute Gasteiger partial charge is 0.334 e. The zero-order chi connectivity index (χ0) is 24.0. The average molecular weight is 495 g/mol. The Labute approximate surface area is 204 Å². The fourth-order valence-electron chi connectivity index (χ4n) is 4.53. The quantitative estimate of drug-likeness (QED) is 0.419. The van der Waals surface area contributed by atoms with Crippen molar-refractivity contribution in [2.24, 2.45) is 0 Å². The molecule has 1 atom stereocenters. The number of thiazole rings is 1. The molecule has 4 aromatic heterocycles. The van der Waals surface area contributed by atoms with Gasteiger partial charge in [-0.05, 0) is 31.5 Å². The summed E-state index contributed by atoms with van der Waals surface area (Å²) in [5.41, 5.74) is 3.58. The lowest BCUT2D eigenvalue weighted by molar-refractivity contribution is 0.0256. The van der Waals surface area contributed by atoms with Crippen LogP contribution in [0.1, 0.15) is 30.0 Å². The van der Waals surface area contributed by atoms with Crippen molar-refractivity contribution in [1.29, 1.82) is 0 Å². The predicted molar refractivity (Wildman–Crippen MR) is 133 cm³/mol. The Morgan fingerprint density at radius 2 is 2.09 bits per heavy atom. The number of rotatable bonds is 5. The zero-order valence-corrected chi connectivity index (χ0v) is 19.9. The van der Waals surface area contributed by atoms with E-state index >= 15 is 0 Å². The molecular formula is C24H24F2N8S. The summed E-state index contributed by atoms with van der Waals surface area (Å²) in [7, 11) is 0. The highest BCUT2D eigenvalue weighted by molar-refractivity contribution is 7.21. The maximum atomic E-state index is 13.9. The van der Waals surface area contributed by atoms with Crippen LogP contribution in [0.3, 0.4) is 0 Å². The van der Waals surface area contributed by atoms with Gasteiger partial charge in [0, 0.05) is 50.0 Å². The molecule has 0 radical (unpaired) electrons. The lowest BCUT2D eigenvalue weighted by Gasteiger charge is -2.19. The molecule has 2 N–H and O–H groups in total. The van der Waals surface area contributed by atoms with Gasteiger partial charge in [0.2, 0.25) is 5.95 Å². The third kappa shape index (κ3) is 4.53. The number of alkyl halides is 2. The predicted octanol–water partition coefficient (Wildman–Crippen LogP) is 4.52. The van der Waals surface area contributed by atoms with Crippen LogP contribution in [-0.4, -0.2) is 57.0 Å². The van der Waals surface area contributed by atoms with Crippen molar-refractivity contribution in [3.63, 3.8) is 0 Å². The van der Waals surface area contributed by atoms with E-state index in [9.17, 15) is 8.78 Å². The van der Waals surface area contributed by atoms with Gasteiger partial charge in [-0.15, -0.1) is 11.3 Å². The van der Waals surface area contributed by atoms with Crippen molar-refractivity contribution in [2.75, 3.05) is 36.4 Å². The zero-order valence-electron chi connectivity index (χ0n) is 19.1. The van der Waals surface area contributed by atoms with Crippen LogP contribution in [0.2, 0.25) is 0 Å². The Hall–Kier alpha value is -3.31. The highest BCUT2D eigenvalue weighted by Gasteiger charge is 2.39. The molecule has 1 unspecified atom stereocenters. The second-order valence-corrected chi connectivity index (χ2v) is 10.1. The fraction of sp³-hybridized carbons (Fsp3) is 0.375. The third-order valence-electron chi connectivity index (χ3n) is 6.41. The standard InChI is InChI=1S/C24H24F2N8S/c1-14-3-2-6-28-21(14)22-30-17-10-19(29-12-18(17)35-22)32-20-9-16(15-4-7-27-11-15)31-23(33-20)34-8-5-24(25,26)13-34/h2-3,6,9-10,12,15,27H,4-5,7-8,11,13H2,1H3,(H,29,31,32,33). The first-order chi connectivity index (χ1) is 16.9. The maximum absolute atomic E-state index is 13.9. The summed E-state index contributed by atoms with van der Waals surface area (Å²) in [6, 6.07) is 7.69. The van der Waals surface area contributed by atoms with E-state index in [2.05, 4.69) is 30.6 Å². The van der Waals surface area contributed by atoms with Crippen LogP contribution < -0.4 is 15.5 Å². The minimum absolute atomic E-state index is 0.186. The Balaban J connectivity index is 1.32. The van der Waals surface area contributed by atoms with E-state index in [1.807, 2.05) is 31.2 Å². The molecule has 2 fully saturated rings. The first-order valence-corrected chi connectivity index (χ1v) is 12.4. The van der Waals surface area contributed by atoms with Crippen molar-refractivity contribution >= 4 is 39.1 Å². The SMILES string of the molecule is Cc1cccnc1-c1nc2cc(Nc3cc(C4CCNC4)nc(N4CCC(F)(F)C4)n3)ncc2s1. The molecule has 8 nitrogen and oxygen atoms in total. The van der Waals surface area contributed by atoms with Gasteiger partial charge in [-0.25, -0.2) is 23.7 Å². The van der Waals surface area contributed by atoms with E-state index in [1.165, 1.54) is 0 Å². The highest BCUT2D eigenvalue weighted by atomic mass is 32.1. The van der Waals surface area contributed by atoms with Crippen LogP contribution >= 0.6 is 11.3 Å². The van der Waals surface area contributed by atoms with Crippen molar-refractivity contribution in [3.8, 4) is 10.7 Å². The second kappa shape index (κ2) is 8.72. The van der Waals surface area contributed by atoms with E-state index in [1.54, 1.807) is 28.6 Å². The van der Waals surface area contributed by atoms with Crippen LogP contribution in [0.4, 0.5) is 26.4 Å². The molecule has 11 heteroatoms. The molecule has 0 saturated carbocycles. The Bertz CT molecular complexity index is 1390. The number of nitrogens with zero attached hydrogens (tertiary/aromatic N) is 6. The summed E-state index contributed by atoms with van der Waals surface area (Å²) in [6.07, 6.45) is 4.31. The molecule has 0 aliphatic carbocycles. The lowest BCUT2D eigenvalue weighted by Crippen LogP contribution is -2.27. The van der Waals surface area contributed by atoms with Crippen molar-refractivity contribution in [2.45, 2.75) is 31.6 Å². The minimum atomic E-state index is -2.72. The molecule has 6 heterocycles. The van der Waals surface area contributed by atoms with Gasteiger partial charge in [0.05, 0.1) is 22.5 Å². The van der Waals surface area contributed by atoms with Crippen LogP contribution in [0.25, 0.3) is 20.9 Å². The molecule has 2 aliphatic heterocycles. The van der Waals surface area contributed by atoms with Gasteiger partial charge in [0.1, 0.15) is 22.3 Å². The molecule has 0 aromatic carbocycles. The van der Waals surface area contributed by atoms with E-state index in [0.717, 1.165) is 51.7 Å². The number of hydrogen-bond acceptors (Lipinski definition) is 9. The van der Waals surface area contributed by atoms with Crippen molar-refractivity contribution in [1.82, 2.24) is 30.2 Å². The van der Waals surface area contributed by atoms with Crippen LogP contribution in [0.5, 0.6) is 0 Å². The lowest BCUT2D eigenvalue weighted by atomic mass is 10.0. The summed E-state index contributed by atoms with van der Waals surface area (Å²) < 4.78 is 28.7. The minimum Gasteiger partial charge on any atom is -0.334 e. The number of nitrogens with one attached hydrogen (secondary N) is 2. The van der Waals surface area contributed by atoms with Crippen LogP contribution in [-0.2, 0) is 0 Å². The summed E-state index contributed by atoms with van der Waals surface area (Å²) in [6.45, 7) is 3.61. The molecule has 2 aliphatic rings. The summed E-state index contributed by atoms with van der Waals surface area (Å²) >= 11 is 1.54. The van der Waals surface area contributed by atoms with Crippen LogP contribution in [0, 0.1) is 6.92 Å². The van der Waals surface area contributed by atoms with Gasteiger partial charge in [0.15, 0.2) is 0 Å². The number of pyridine rings is 2. The number of aromatic nitrogens is 5. The van der Waals surface area contributed by atoms with Gasteiger partial charge in [-0.1, -0.05) is 6.07 Å². The van der Waals surface area contributed by atoms with Crippen LogP contribution in [0.15, 0.2) is 36.7 Å². The number of hydrogen-bond donors (Lipinski definition) is 2. The molecule has 0 bridgehead atoms. The smallest absolute Gasteiger partial charge is 0.267 e. The van der Waals surface area contributed by atoms with Gasteiger partial charge in [-0.3, -0.25) is 4.98 Å². The molecule has 0 amide bonds. The second-order valence-electron chi connectivity index (χ2n) is 9.05. The van der Waals surface area contributed by atoms with Gasteiger partial charge in [-0.2, -0.15) is 4.98 Å². The molecule has 0 spiro atoms. The normalized spacial score (nSPS) is 19.5. The van der Waals surface area contributed by atoms with E-state index in [4.69, 9.17) is 4.98 Å². The molecular weight excluding hydrogens is 470 g/mol. The highest BCUT2D eigenvalue weighted by Crippen LogP contribution is 2.34.